The first-order valence-corrected chi connectivity index (χ1v) is 8.91. The van der Waals surface area contributed by atoms with Gasteiger partial charge < -0.3 is 15.0 Å². The molecule has 1 aromatic carbocycles. The number of hydrogen-bond donors (Lipinski definition) is 3. The lowest BCUT2D eigenvalue weighted by atomic mass is 9.90. The number of hydrogen-bond acceptors (Lipinski definition) is 5. The highest BCUT2D eigenvalue weighted by atomic mass is 16.6. The summed E-state index contributed by atoms with van der Waals surface area (Å²) in [7, 11) is 0. The number of benzene rings is 1. The summed E-state index contributed by atoms with van der Waals surface area (Å²) >= 11 is 0. The van der Waals surface area contributed by atoms with Gasteiger partial charge in [0.15, 0.2) is 0 Å². The van der Waals surface area contributed by atoms with Crippen LogP contribution in [0.4, 0.5) is 5.69 Å². The molecule has 0 spiro atoms. The number of imidazole rings is 1. The molecule has 29 heavy (non-hydrogen) atoms. The van der Waals surface area contributed by atoms with E-state index in [2.05, 4.69) is 19.9 Å². The molecule has 3 aromatic rings. The Morgan fingerprint density at radius 1 is 1.07 bits per heavy atom. The number of rotatable bonds is 3. The van der Waals surface area contributed by atoms with Crippen molar-refractivity contribution in [2.75, 3.05) is 0 Å². The van der Waals surface area contributed by atoms with E-state index in [-0.39, 0.29) is 27.4 Å². The summed E-state index contributed by atoms with van der Waals surface area (Å²) in [6, 6.07) is 4.55. The van der Waals surface area contributed by atoms with Gasteiger partial charge in [0.1, 0.15) is 10.7 Å². The van der Waals surface area contributed by atoms with Gasteiger partial charge in [0.05, 0.1) is 22.5 Å². The highest BCUT2D eigenvalue weighted by Gasteiger charge is 2.19. The fourth-order valence-corrected chi connectivity index (χ4v) is 2.96. The molecule has 3 N–H and O–H groups in total. The Bertz CT molecular complexity index is 1320. The van der Waals surface area contributed by atoms with Crippen molar-refractivity contribution in [3.8, 4) is 0 Å². The smallest absolute Gasteiger partial charge is 0.276 e. The minimum atomic E-state index is -0.570. The van der Waals surface area contributed by atoms with Crippen molar-refractivity contribution >= 4 is 17.8 Å². The van der Waals surface area contributed by atoms with Gasteiger partial charge in [0.2, 0.25) is 0 Å². The molecule has 0 saturated heterocycles. The van der Waals surface area contributed by atoms with Gasteiger partial charge in [0, 0.05) is 17.2 Å². The van der Waals surface area contributed by atoms with E-state index < -0.39 is 16.0 Å². The molecule has 0 atom stereocenters. The molecule has 3 rings (SSSR count). The molecule has 9 nitrogen and oxygen atoms in total. The first-order valence-electron chi connectivity index (χ1n) is 8.91. The summed E-state index contributed by atoms with van der Waals surface area (Å²) in [6.07, 6.45) is 4.32. The van der Waals surface area contributed by atoms with Gasteiger partial charge >= 0.3 is 0 Å². The molecule has 0 unspecified atom stereocenters. The number of H-pyrrole nitrogens is 3. The van der Waals surface area contributed by atoms with Gasteiger partial charge in [-0.2, -0.15) is 0 Å². The largest absolute Gasteiger partial charge is 0.348 e. The van der Waals surface area contributed by atoms with E-state index in [1.165, 1.54) is 24.5 Å². The van der Waals surface area contributed by atoms with Crippen LogP contribution in [0.25, 0.3) is 12.2 Å². The van der Waals surface area contributed by atoms with Crippen LogP contribution in [0, 0.1) is 17.0 Å². The van der Waals surface area contributed by atoms with Gasteiger partial charge in [-0.1, -0.05) is 32.4 Å². The van der Waals surface area contributed by atoms with Gasteiger partial charge in [0.25, 0.3) is 16.8 Å². The topological polar surface area (TPSA) is 138 Å². The molecule has 0 aliphatic rings. The van der Waals surface area contributed by atoms with Crippen LogP contribution in [0.15, 0.2) is 34.1 Å². The van der Waals surface area contributed by atoms with E-state index in [1.807, 2.05) is 20.8 Å². The van der Waals surface area contributed by atoms with Gasteiger partial charge in [-0.05, 0) is 25.1 Å². The average Bonchev–Trinajstić information content (AvgIpc) is 3.07. The Morgan fingerprint density at radius 3 is 2.28 bits per heavy atom. The number of nitrogens with one attached hydrogen (secondary N) is 3. The lowest BCUT2D eigenvalue weighted by Crippen LogP contribution is -2.46. The second kappa shape index (κ2) is 7.34. The number of aromatic nitrogens is 4. The van der Waals surface area contributed by atoms with E-state index in [4.69, 9.17) is 0 Å². The molecular formula is C20H21N5O4. The number of aromatic amines is 3. The maximum atomic E-state index is 12.5. The molecule has 150 valence electrons. The molecule has 0 aliphatic heterocycles. The van der Waals surface area contributed by atoms with E-state index in [0.29, 0.717) is 5.69 Å². The molecule has 0 saturated carbocycles. The quantitative estimate of drug-likeness (QED) is 0.448. The first kappa shape index (κ1) is 20.0. The number of nitro groups is 1. The summed E-state index contributed by atoms with van der Waals surface area (Å²) in [5.74, 6) is 0. The highest BCUT2D eigenvalue weighted by Crippen LogP contribution is 2.23. The lowest BCUT2D eigenvalue weighted by Gasteiger charge is -2.16. The van der Waals surface area contributed by atoms with Gasteiger partial charge in [-0.25, -0.2) is 4.98 Å². The van der Waals surface area contributed by atoms with Crippen LogP contribution in [-0.2, 0) is 5.41 Å². The molecule has 2 aromatic heterocycles. The molecule has 0 fully saturated rings. The standard InChI is InChI=1S/C20H21N5O4/c1-11-5-6-16(25(28)29)12(7-11)8-14-18(26)24-15(19(27)23-14)9-13-17(20(2,3)4)22-10-21-13/h5-10H,1-4H3,(H,21,22)(H,23,27)(H,24,26)/b14-8-,15-9-. The molecule has 2 heterocycles. The van der Waals surface area contributed by atoms with Crippen molar-refractivity contribution in [1.82, 2.24) is 19.9 Å². The second-order valence-corrected chi connectivity index (χ2v) is 7.76. The molecule has 0 amide bonds. The molecule has 0 radical (unpaired) electrons. The highest BCUT2D eigenvalue weighted by molar-refractivity contribution is 5.61. The van der Waals surface area contributed by atoms with Gasteiger partial charge in [-0.3, -0.25) is 19.7 Å². The molecule has 0 bridgehead atoms. The van der Waals surface area contributed by atoms with Crippen molar-refractivity contribution in [2.45, 2.75) is 33.1 Å². The monoisotopic (exact) mass is 395 g/mol. The van der Waals surface area contributed by atoms with Crippen LogP contribution < -0.4 is 21.8 Å². The third-order valence-corrected chi connectivity index (χ3v) is 4.36. The van der Waals surface area contributed by atoms with Crippen molar-refractivity contribution in [1.29, 1.82) is 0 Å². The Balaban J connectivity index is 2.19. The molecular weight excluding hydrogens is 374 g/mol. The van der Waals surface area contributed by atoms with Crippen molar-refractivity contribution in [2.24, 2.45) is 0 Å². The Labute approximate surface area is 165 Å². The van der Waals surface area contributed by atoms with Crippen molar-refractivity contribution in [3.63, 3.8) is 0 Å². The van der Waals surface area contributed by atoms with E-state index in [0.717, 1.165) is 11.3 Å². The van der Waals surface area contributed by atoms with E-state index >= 15 is 0 Å². The van der Waals surface area contributed by atoms with E-state index in [1.54, 1.807) is 19.1 Å². The van der Waals surface area contributed by atoms with Crippen LogP contribution in [0.3, 0.4) is 0 Å². The zero-order chi connectivity index (χ0) is 21.3. The summed E-state index contributed by atoms with van der Waals surface area (Å²) < 4.78 is 0. The predicted molar refractivity (Wildman–Crippen MR) is 109 cm³/mol. The second-order valence-electron chi connectivity index (χ2n) is 7.76. The Kier molecular flexibility index (Phi) is 5.06. The average molecular weight is 395 g/mol. The maximum absolute atomic E-state index is 12.5. The Hall–Kier alpha value is -3.75. The summed E-state index contributed by atoms with van der Waals surface area (Å²) in [6.45, 7) is 7.77. The zero-order valence-electron chi connectivity index (χ0n) is 16.5. The third-order valence-electron chi connectivity index (χ3n) is 4.36. The number of nitrogens with zero attached hydrogens (tertiary/aromatic N) is 2. The number of nitro benzene ring substituents is 1. The van der Waals surface area contributed by atoms with Gasteiger partial charge in [-0.15, -0.1) is 0 Å². The fourth-order valence-electron chi connectivity index (χ4n) is 2.96. The summed E-state index contributed by atoms with van der Waals surface area (Å²) in [5.41, 5.74) is 0.904. The van der Waals surface area contributed by atoms with Crippen LogP contribution in [0.1, 0.15) is 43.3 Å². The molecule has 9 heteroatoms. The summed E-state index contributed by atoms with van der Waals surface area (Å²) in [4.78, 5) is 48.0. The minimum absolute atomic E-state index is 0.0449. The molecule has 0 aliphatic carbocycles. The SMILES string of the molecule is Cc1ccc([N+](=O)[O-])c(/C=c2\[nH]c(=O)/c(=C/c3nc[nH]c3C(C)(C)C)[nH]c2=O)c1. The van der Waals surface area contributed by atoms with Crippen molar-refractivity contribution in [3.05, 3.63) is 88.6 Å². The number of aryl methyl sites for hydroxylation is 1. The van der Waals surface area contributed by atoms with Crippen LogP contribution >= 0.6 is 0 Å². The van der Waals surface area contributed by atoms with Crippen LogP contribution in [0.2, 0.25) is 0 Å². The van der Waals surface area contributed by atoms with Crippen molar-refractivity contribution < 1.29 is 4.92 Å². The minimum Gasteiger partial charge on any atom is -0.348 e. The first-order chi connectivity index (χ1) is 13.6. The zero-order valence-corrected chi connectivity index (χ0v) is 16.5. The normalized spacial score (nSPS) is 13.1. The fraction of sp³-hybridized carbons (Fsp3) is 0.250. The predicted octanol–water partition coefficient (Wildman–Crippen LogP) is 0.958. The Morgan fingerprint density at radius 2 is 1.69 bits per heavy atom. The third kappa shape index (κ3) is 4.23. The van der Waals surface area contributed by atoms with Crippen LogP contribution in [-0.4, -0.2) is 24.9 Å². The lowest BCUT2D eigenvalue weighted by molar-refractivity contribution is -0.385. The van der Waals surface area contributed by atoms with E-state index in [9.17, 15) is 19.7 Å². The summed E-state index contributed by atoms with van der Waals surface area (Å²) in [5, 5.41) is 11.2. The maximum Gasteiger partial charge on any atom is 0.276 e. The van der Waals surface area contributed by atoms with Crippen LogP contribution in [0.5, 0.6) is 0 Å².